The molecule has 0 aliphatic rings. The van der Waals surface area contributed by atoms with Gasteiger partial charge >= 0.3 is 0 Å². The van der Waals surface area contributed by atoms with Gasteiger partial charge in [0.25, 0.3) is 0 Å². The maximum Gasteiger partial charge on any atom is 0.243 e. The molecule has 0 saturated carbocycles. The minimum Gasteiger partial charge on any atom is -0.359 e. The number of hydrogen-bond donors (Lipinski definition) is 3. The Morgan fingerprint density at radius 2 is 2.00 bits per heavy atom. The molecule has 0 bridgehead atoms. The van der Waals surface area contributed by atoms with Crippen LogP contribution >= 0.6 is 0 Å². The molecule has 0 heterocycles. The number of nitrogens with one attached hydrogen (secondary N) is 3. The van der Waals surface area contributed by atoms with Gasteiger partial charge in [-0.2, -0.15) is 0 Å². The van der Waals surface area contributed by atoms with E-state index >= 15 is 0 Å². The van der Waals surface area contributed by atoms with Crippen LogP contribution in [0.2, 0.25) is 0 Å². The van der Waals surface area contributed by atoms with Crippen LogP contribution < -0.4 is 16.0 Å². The molecule has 6 heteroatoms. The van der Waals surface area contributed by atoms with Gasteiger partial charge in [0.1, 0.15) is 0 Å². The van der Waals surface area contributed by atoms with E-state index in [1.165, 1.54) is 6.08 Å². The van der Waals surface area contributed by atoms with Crippen LogP contribution in [-0.2, 0) is 14.4 Å². The van der Waals surface area contributed by atoms with Crippen LogP contribution in [-0.4, -0.2) is 38.4 Å². The standard InChI is InChI=1S/C12H21N3O3/c1-3-11(17)15-8-6-10(12(18)13-2)5-4-7-14-9-16/h3,9-10H,1,4-8H2,2H3,(H,13,18)(H,14,16)(H,15,17). The first kappa shape index (κ1) is 16.1. The smallest absolute Gasteiger partial charge is 0.243 e. The Kier molecular flexibility index (Phi) is 9.25. The van der Waals surface area contributed by atoms with Crippen molar-refractivity contribution in [3.05, 3.63) is 12.7 Å². The summed E-state index contributed by atoms with van der Waals surface area (Å²) in [5.74, 6) is -0.448. The monoisotopic (exact) mass is 255 g/mol. The van der Waals surface area contributed by atoms with Crippen molar-refractivity contribution in [3.8, 4) is 0 Å². The average Bonchev–Trinajstić information content (AvgIpc) is 2.40. The van der Waals surface area contributed by atoms with Gasteiger partial charge in [-0.3, -0.25) is 14.4 Å². The van der Waals surface area contributed by atoms with E-state index in [0.29, 0.717) is 32.3 Å². The lowest BCUT2D eigenvalue weighted by Crippen LogP contribution is -2.32. The molecule has 1 unspecified atom stereocenters. The summed E-state index contributed by atoms with van der Waals surface area (Å²) in [5.41, 5.74) is 0. The number of rotatable bonds is 10. The summed E-state index contributed by atoms with van der Waals surface area (Å²) in [6, 6.07) is 0. The molecule has 6 nitrogen and oxygen atoms in total. The zero-order valence-corrected chi connectivity index (χ0v) is 10.7. The topological polar surface area (TPSA) is 87.3 Å². The number of amides is 3. The Hall–Kier alpha value is -1.85. The second-order valence-corrected chi connectivity index (χ2v) is 3.81. The minimum atomic E-state index is -0.242. The number of carbonyl (C=O) groups is 3. The summed E-state index contributed by atoms with van der Waals surface area (Å²) < 4.78 is 0. The molecule has 0 rings (SSSR count). The third kappa shape index (κ3) is 7.43. The van der Waals surface area contributed by atoms with Gasteiger partial charge in [-0.05, 0) is 25.3 Å². The highest BCUT2D eigenvalue weighted by Gasteiger charge is 2.16. The van der Waals surface area contributed by atoms with E-state index < -0.39 is 0 Å². The molecule has 3 N–H and O–H groups in total. The third-order valence-corrected chi connectivity index (χ3v) is 2.55. The Labute approximate surface area is 107 Å². The van der Waals surface area contributed by atoms with E-state index in [-0.39, 0.29) is 17.7 Å². The van der Waals surface area contributed by atoms with E-state index in [2.05, 4.69) is 22.5 Å². The second kappa shape index (κ2) is 10.3. The van der Waals surface area contributed by atoms with Crippen molar-refractivity contribution < 1.29 is 14.4 Å². The fourth-order valence-electron chi connectivity index (χ4n) is 1.56. The Morgan fingerprint density at radius 1 is 1.28 bits per heavy atom. The summed E-state index contributed by atoms with van der Waals surface area (Å²) in [7, 11) is 1.58. The maximum absolute atomic E-state index is 11.6. The van der Waals surface area contributed by atoms with E-state index in [0.717, 1.165) is 6.42 Å². The van der Waals surface area contributed by atoms with Crippen molar-refractivity contribution in [1.29, 1.82) is 0 Å². The first-order valence-electron chi connectivity index (χ1n) is 5.94. The fraction of sp³-hybridized carbons (Fsp3) is 0.583. The summed E-state index contributed by atoms with van der Waals surface area (Å²) >= 11 is 0. The maximum atomic E-state index is 11.6. The van der Waals surface area contributed by atoms with Gasteiger partial charge in [0.15, 0.2) is 0 Å². The Balaban J connectivity index is 3.98. The molecule has 0 saturated heterocycles. The van der Waals surface area contributed by atoms with Crippen LogP contribution in [0.5, 0.6) is 0 Å². The van der Waals surface area contributed by atoms with Gasteiger partial charge in [-0.1, -0.05) is 6.58 Å². The van der Waals surface area contributed by atoms with Crippen molar-refractivity contribution >= 4 is 18.2 Å². The van der Waals surface area contributed by atoms with Gasteiger partial charge in [0, 0.05) is 26.1 Å². The van der Waals surface area contributed by atoms with E-state index in [1.54, 1.807) is 7.05 Å². The summed E-state index contributed by atoms with van der Waals surface area (Å²) in [6.45, 7) is 4.33. The predicted molar refractivity (Wildman–Crippen MR) is 68.7 cm³/mol. The minimum absolute atomic E-state index is 0.0473. The van der Waals surface area contributed by atoms with Crippen LogP contribution in [0, 0.1) is 5.92 Å². The molecular weight excluding hydrogens is 234 g/mol. The van der Waals surface area contributed by atoms with Crippen LogP contribution in [0.25, 0.3) is 0 Å². The zero-order valence-electron chi connectivity index (χ0n) is 10.7. The highest BCUT2D eigenvalue weighted by atomic mass is 16.2. The summed E-state index contributed by atoms with van der Waals surface area (Å²) in [6.07, 6.45) is 3.80. The lowest BCUT2D eigenvalue weighted by atomic mass is 9.98. The Bertz CT molecular complexity index is 292. The molecule has 0 aromatic carbocycles. The third-order valence-electron chi connectivity index (χ3n) is 2.55. The molecule has 0 spiro atoms. The molecule has 3 amide bonds. The summed E-state index contributed by atoms with van der Waals surface area (Å²) in [5, 5.41) is 7.78. The normalized spacial score (nSPS) is 11.2. The molecule has 1 atom stereocenters. The molecule has 0 aromatic heterocycles. The van der Waals surface area contributed by atoms with E-state index in [1.807, 2.05) is 0 Å². The molecule has 18 heavy (non-hydrogen) atoms. The quantitative estimate of drug-likeness (QED) is 0.281. The molecule has 102 valence electrons. The van der Waals surface area contributed by atoms with Gasteiger partial charge in [0.05, 0.1) is 0 Å². The molecule has 0 aliphatic heterocycles. The van der Waals surface area contributed by atoms with Crippen LogP contribution in [0.1, 0.15) is 19.3 Å². The van der Waals surface area contributed by atoms with E-state index in [4.69, 9.17) is 0 Å². The second-order valence-electron chi connectivity index (χ2n) is 3.81. The Morgan fingerprint density at radius 3 is 2.56 bits per heavy atom. The van der Waals surface area contributed by atoms with Crippen molar-refractivity contribution in [2.45, 2.75) is 19.3 Å². The first-order chi connectivity index (χ1) is 8.65. The van der Waals surface area contributed by atoms with Crippen molar-refractivity contribution in [3.63, 3.8) is 0 Å². The predicted octanol–water partition coefficient (Wildman–Crippen LogP) is -0.433. The molecule has 0 radical (unpaired) electrons. The largest absolute Gasteiger partial charge is 0.359 e. The molecule has 0 aliphatic carbocycles. The van der Waals surface area contributed by atoms with Crippen LogP contribution in [0.4, 0.5) is 0 Å². The van der Waals surface area contributed by atoms with Gasteiger partial charge in [0.2, 0.25) is 18.2 Å². The highest BCUT2D eigenvalue weighted by molar-refractivity contribution is 5.86. The van der Waals surface area contributed by atoms with E-state index in [9.17, 15) is 14.4 Å². The van der Waals surface area contributed by atoms with Crippen molar-refractivity contribution in [1.82, 2.24) is 16.0 Å². The molecule has 0 fully saturated rings. The van der Waals surface area contributed by atoms with Crippen LogP contribution in [0.15, 0.2) is 12.7 Å². The lowest BCUT2D eigenvalue weighted by molar-refractivity contribution is -0.125. The number of carbonyl (C=O) groups excluding carboxylic acids is 3. The average molecular weight is 255 g/mol. The van der Waals surface area contributed by atoms with Crippen LogP contribution in [0.3, 0.4) is 0 Å². The van der Waals surface area contributed by atoms with Crippen molar-refractivity contribution in [2.24, 2.45) is 5.92 Å². The van der Waals surface area contributed by atoms with Crippen molar-refractivity contribution in [2.75, 3.05) is 20.1 Å². The zero-order chi connectivity index (χ0) is 13.8. The van der Waals surface area contributed by atoms with Gasteiger partial charge in [-0.15, -0.1) is 0 Å². The molecule has 0 aromatic rings. The highest BCUT2D eigenvalue weighted by Crippen LogP contribution is 2.10. The summed E-state index contributed by atoms with van der Waals surface area (Å²) in [4.78, 5) is 32.6. The lowest BCUT2D eigenvalue weighted by Gasteiger charge is -2.15. The fourth-order valence-corrected chi connectivity index (χ4v) is 1.56. The number of hydrogen-bond acceptors (Lipinski definition) is 3. The molecular formula is C12H21N3O3. The first-order valence-corrected chi connectivity index (χ1v) is 5.94. The SMILES string of the molecule is C=CC(=O)NCCC(CCCNC=O)C(=O)NC. The van der Waals surface area contributed by atoms with Gasteiger partial charge in [-0.25, -0.2) is 0 Å². The van der Waals surface area contributed by atoms with Gasteiger partial charge < -0.3 is 16.0 Å².